The Labute approximate surface area is 79.6 Å². The maximum Gasteiger partial charge on any atom is 0.0772 e. The minimum atomic E-state index is 0.444. The first-order chi connectivity index (χ1) is 6.24. The van der Waals surface area contributed by atoms with Crippen molar-refractivity contribution in [2.24, 2.45) is 0 Å². The highest BCUT2D eigenvalue weighted by atomic mass is 14.9. The van der Waals surface area contributed by atoms with Gasteiger partial charge in [-0.15, -0.1) is 0 Å². The molecular weight excluding hydrogens is 162 g/mol. The van der Waals surface area contributed by atoms with Gasteiger partial charge in [-0.2, -0.15) is 0 Å². The zero-order chi connectivity index (χ0) is 9.68. The van der Waals surface area contributed by atoms with Crippen LogP contribution >= 0.6 is 0 Å². The minimum Gasteiger partial charge on any atom is -0.381 e. The van der Waals surface area contributed by atoms with E-state index in [9.17, 15) is 0 Å². The zero-order valence-corrected chi connectivity index (χ0v) is 8.46. The monoisotopic (exact) mass is 179 g/mol. The van der Waals surface area contributed by atoms with Crippen LogP contribution in [0.4, 0.5) is 5.69 Å². The normalized spacial score (nSPS) is 10.5. The molecule has 0 aromatic carbocycles. The summed E-state index contributed by atoms with van der Waals surface area (Å²) in [5.74, 6) is 0. The van der Waals surface area contributed by atoms with Gasteiger partial charge in [-0.3, -0.25) is 4.98 Å². The van der Waals surface area contributed by atoms with E-state index in [1.165, 1.54) is 0 Å². The van der Waals surface area contributed by atoms with Gasteiger partial charge in [-0.05, 0) is 33.0 Å². The average molecular weight is 179 g/mol. The Kier molecular flexibility index (Phi) is 3.71. The molecule has 0 aliphatic rings. The lowest BCUT2D eigenvalue weighted by atomic mass is 10.2. The largest absolute Gasteiger partial charge is 0.381 e. The van der Waals surface area contributed by atoms with E-state index in [4.69, 9.17) is 0 Å². The van der Waals surface area contributed by atoms with Crippen molar-refractivity contribution in [2.75, 3.05) is 12.4 Å². The second-order valence-electron chi connectivity index (χ2n) is 3.33. The number of pyridine rings is 1. The molecule has 1 aromatic heterocycles. The van der Waals surface area contributed by atoms with Crippen LogP contribution in [0.25, 0.3) is 0 Å². The maximum atomic E-state index is 4.30. The van der Waals surface area contributed by atoms with Crippen molar-refractivity contribution in [3.63, 3.8) is 0 Å². The van der Waals surface area contributed by atoms with Crippen molar-refractivity contribution in [3.05, 3.63) is 24.0 Å². The number of rotatable bonds is 4. The summed E-state index contributed by atoms with van der Waals surface area (Å²) in [6.45, 7) is 5.04. The highest BCUT2D eigenvalue weighted by Gasteiger charge is 2.02. The van der Waals surface area contributed by atoms with Gasteiger partial charge >= 0.3 is 0 Å². The van der Waals surface area contributed by atoms with Gasteiger partial charge in [0.2, 0.25) is 0 Å². The Bertz CT molecular complexity index is 258. The van der Waals surface area contributed by atoms with E-state index in [1.807, 2.05) is 19.3 Å². The van der Waals surface area contributed by atoms with Crippen molar-refractivity contribution in [2.45, 2.75) is 26.4 Å². The molecule has 13 heavy (non-hydrogen) atoms. The van der Waals surface area contributed by atoms with Gasteiger partial charge in [-0.1, -0.05) is 0 Å². The zero-order valence-electron chi connectivity index (χ0n) is 8.46. The van der Waals surface area contributed by atoms with Crippen LogP contribution in [0.2, 0.25) is 0 Å². The predicted octanol–water partition coefficient (Wildman–Crippen LogP) is 1.62. The van der Waals surface area contributed by atoms with E-state index < -0.39 is 0 Å². The summed E-state index contributed by atoms with van der Waals surface area (Å²) in [7, 11) is 1.92. The molecule has 0 fully saturated rings. The topological polar surface area (TPSA) is 37.0 Å². The van der Waals surface area contributed by atoms with Gasteiger partial charge < -0.3 is 10.6 Å². The van der Waals surface area contributed by atoms with Crippen LogP contribution in [0.5, 0.6) is 0 Å². The molecule has 72 valence electrons. The molecule has 0 aliphatic carbocycles. The summed E-state index contributed by atoms with van der Waals surface area (Å²) < 4.78 is 0. The lowest BCUT2D eigenvalue weighted by Crippen LogP contribution is -2.15. The summed E-state index contributed by atoms with van der Waals surface area (Å²) in [5, 5.41) is 6.45. The first-order valence-corrected chi connectivity index (χ1v) is 4.59. The maximum absolute atomic E-state index is 4.30. The first-order valence-electron chi connectivity index (χ1n) is 4.59. The molecule has 1 aromatic rings. The van der Waals surface area contributed by atoms with E-state index in [1.54, 1.807) is 0 Å². The summed E-state index contributed by atoms with van der Waals surface area (Å²) in [6, 6.07) is 4.45. The minimum absolute atomic E-state index is 0.444. The van der Waals surface area contributed by atoms with Gasteiger partial charge in [0.05, 0.1) is 11.4 Å². The number of nitrogens with zero attached hydrogens (tertiary/aromatic N) is 1. The summed E-state index contributed by atoms with van der Waals surface area (Å²) in [6.07, 6.45) is 1.82. The van der Waals surface area contributed by atoms with Gasteiger partial charge in [0.25, 0.3) is 0 Å². The van der Waals surface area contributed by atoms with Crippen LogP contribution < -0.4 is 10.6 Å². The van der Waals surface area contributed by atoms with Crippen LogP contribution in [-0.4, -0.2) is 18.1 Å². The molecule has 0 saturated carbocycles. The summed E-state index contributed by atoms with van der Waals surface area (Å²) in [4.78, 5) is 4.30. The number of hydrogen-bond acceptors (Lipinski definition) is 3. The Hall–Kier alpha value is -1.09. The number of nitrogens with one attached hydrogen (secondary N) is 2. The standard InChI is InChI=1S/C10H17N3/c1-8(2)13-9-5-4-6-12-10(9)7-11-3/h4-6,8,11,13H,7H2,1-3H3. The molecule has 0 radical (unpaired) electrons. The van der Waals surface area contributed by atoms with Crippen LogP contribution in [0.15, 0.2) is 18.3 Å². The molecule has 2 N–H and O–H groups in total. The van der Waals surface area contributed by atoms with Crippen molar-refractivity contribution in [1.82, 2.24) is 10.3 Å². The molecule has 1 rings (SSSR count). The third-order valence-corrected chi connectivity index (χ3v) is 1.68. The third kappa shape index (κ3) is 3.03. The second kappa shape index (κ2) is 4.82. The quantitative estimate of drug-likeness (QED) is 0.737. The van der Waals surface area contributed by atoms with E-state index in [2.05, 4.69) is 35.5 Å². The highest BCUT2D eigenvalue weighted by molar-refractivity contribution is 5.47. The molecule has 0 spiro atoms. The van der Waals surface area contributed by atoms with Crippen LogP contribution in [0, 0.1) is 0 Å². The highest BCUT2D eigenvalue weighted by Crippen LogP contribution is 2.12. The molecular formula is C10H17N3. The smallest absolute Gasteiger partial charge is 0.0772 e. The lowest BCUT2D eigenvalue weighted by Gasteiger charge is -2.13. The second-order valence-corrected chi connectivity index (χ2v) is 3.33. The number of anilines is 1. The third-order valence-electron chi connectivity index (χ3n) is 1.68. The fourth-order valence-corrected chi connectivity index (χ4v) is 1.19. The van der Waals surface area contributed by atoms with E-state index >= 15 is 0 Å². The van der Waals surface area contributed by atoms with Gasteiger partial charge in [0, 0.05) is 18.8 Å². The summed E-state index contributed by atoms with van der Waals surface area (Å²) in [5.41, 5.74) is 2.19. The Morgan fingerprint density at radius 1 is 1.46 bits per heavy atom. The molecule has 3 heteroatoms. The van der Waals surface area contributed by atoms with Crippen LogP contribution in [-0.2, 0) is 6.54 Å². The van der Waals surface area contributed by atoms with Gasteiger partial charge in [0.1, 0.15) is 0 Å². The van der Waals surface area contributed by atoms with Gasteiger partial charge in [-0.25, -0.2) is 0 Å². The predicted molar refractivity (Wildman–Crippen MR) is 55.8 cm³/mol. The molecule has 0 bridgehead atoms. The van der Waals surface area contributed by atoms with Crippen molar-refractivity contribution in [1.29, 1.82) is 0 Å². The van der Waals surface area contributed by atoms with Crippen LogP contribution in [0.3, 0.4) is 0 Å². The fraction of sp³-hybridized carbons (Fsp3) is 0.500. The molecule has 0 aliphatic heterocycles. The molecule has 0 unspecified atom stereocenters. The number of hydrogen-bond donors (Lipinski definition) is 2. The van der Waals surface area contributed by atoms with E-state index in [0.717, 1.165) is 17.9 Å². The van der Waals surface area contributed by atoms with Crippen molar-refractivity contribution in [3.8, 4) is 0 Å². The Morgan fingerprint density at radius 2 is 2.23 bits per heavy atom. The molecule has 3 nitrogen and oxygen atoms in total. The first kappa shape index (κ1) is 9.99. The Balaban J connectivity index is 2.78. The van der Waals surface area contributed by atoms with E-state index in [-0.39, 0.29) is 0 Å². The fourth-order valence-electron chi connectivity index (χ4n) is 1.19. The molecule has 0 atom stereocenters. The summed E-state index contributed by atoms with van der Waals surface area (Å²) >= 11 is 0. The molecule has 0 saturated heterocycles. The van der Waals surface area contributed by atoms with Gasteiger partial charge in [0.15, 0.2) is 0 Å². The van der Waals surface area contributed by atoms with Crippen molar-refractivity contribution >= 4 is 5.69 Å². The number of aromatic nitrogens is 1. The lowest BCUT2D eigenvalue weighted by molar-refractivity contribution is 0.786. The van der Waals surface area contributed by atoms with Crippen LogP contribution in [0.1, 0.15) is 19.5 Å². The molecule has 1 heterocycles. The van der Waals surface area contributed by atoms with Crippen molar-refractivity contribution < 1.29 is 0 Å². The SMILES string of the molecule is CNCc1ncccc1NC(C)C. The average Bonchev–Trinajstić information content (AvgIpc) is 2.08. The Morgan fingerprint density at radius 3 is 2.85 bits per heavy atom. The van der Waals surface area contributed by atoms with E-state index in [0.29, 0.717) is 6.04 Å². The molecule has 0 amide bonds.